The molecule has 27 heavy (non-hydrogen) atoms. The number of carbonyl (C=O) groups excluding carboxylic acids is 1. The quantitative estimate of drug-likeness (QED) is 0.846. The van der Waals surface area contributed by atoms with Gasteiger partial charge in [-0.15, -0.1) is 0 Å². The van der Waals surface area contributed by atoms with Crippen LogP contribution in [0.2, 0.25) is 0 Å². The number of hydrogen-bond donors (Lipinski definition) is 1. The Labute approximate surface area is 156 Å². The highest BCUT2D eigenvalue weighted by atomic mass is 19.1. The number of hydrogen-bond acceptors (Lipinski definition) is 5. The van der Waals surface area contributed by atoms with Crippen molar-refractivity contribution in [2.75, 3.05) is 11.9 Å². The van der Waals surface area contributed by atoms with Crippen molar-refractivity contribution >= 4 is 17.3 Å². The van der Waals surface area contributed by atoms with Crippen molar-refractivity contribution in [3.8, 4) is 12.3 Å². The van der Waals surface area contributed by atoms with Crippen LogP contribution >= 0.6 is 0 Å². The van der Waals surface area contributed by atoms with Gasteiger partial charge >= 0.3 is 0 Å². The third-order valence-electron chi connectivity index (χ3n) is 4.20. The number of benzene rings is 2. The van der Waals surface area contributed by atoms with Gasteiger partial charge in [-0.05, 0) is 43.3 Å². The van der Waals surface area contributed by atoms with Gasteiger partial charge in [0.25, 0.3) is 5.91 Å². The molecule has 0 aromatic heterocycles. The maximum absolute atomic E-state index is 13.7. The Kier molecular flexibility index (Phi) is 5.05. The lowest BCUT2D eigenvalue weighted by molar-refractivity contribution is -0.132. The molecule has 1 aliphatic rings. The lowest BCUT2D eigenvalue weighted by atomic mass is 10.1. The smallest absolute Gasteiger partial charge is 0.271 e. The van der Waals surface area contributed by atoms with E-state index < -0.39 is 12.0 Å². The van der Waals surface area contributed by atoms with Crippen LogP contribution in [-0.2, 0) is 4.79 Å². The van der Waals surface area contributed by atoms with Crippen LogP contribution < -0.4 is 5.32 Å². The van der Waals surface area contributed by atoms with Gasteiger partial charge in [0.15, 0.2) is 12.4 Å². The second kappa shape index (κ2) is 7.59. The van der Waals surface area contributed by atoms with Crippen LogP contribution in [-0.4, -0.2) is 28.4 Å². The van der Waals surface area contributed by atoms with E-state index in [0.717, 1.165) is 0 Å². The van der Waals surface area contributed by atoms with Crippen LogP contribution in [0.4, 0.5) is 10.1 Å². The van der Waals surface area contributed by atoms with Gasteiger partial charge in [-0.2, -0.15) is 10.5 Å². The minimum atomic E-state index is -0.980. The molecule has 1 unspecified atom stereocenters. The third-order valence-corrected chi connectivity index (χ3v) is 4.20. The molecular weight excluding hydrogens is 345 g/mol. The zero-order valence-corrected chi connectivity index (χ0v) is 14.6. The van der Waals surface area contributed by atoms with E-state index in [1.165, 1.54) is 21.9 Å². The predicted octanol–water partition coefficient (Wildman–Crippen LogP) is 3.08. The molecule has 2 aromatic rings. The Balaban J connectivity index is 1.99. The van der Waals surface area contributed by atoms with E-state index in [2.05, 4.69) is 5.32 Å². The van der Waals surface area contributed by atoms with Gasteiger partial charge in [-0.25, -0.2) is 9.29 Å². The standard InChI is InChI=1S/C20H16FN5O/c1-2-25-12-18(15-4-3-5-16(21)10-15)26(13-23)19(20(25)27)24-17-8-6-14(11-22)7-9-17/h3-10,12,19,24H,2H2,1H3. The van der Waals surface area contributed by atoms with Crippen molar-refractivity contribution in [3.63, 3.8) is 0 Å². The molecule has 1 atom stereocenters. The molecule has 1 aliphatic heterocycles. The first-order chi connectivity index (χ1) is 13.1. The van der Waals surface area contributed by atoms with E-state index in [-0.39, 0.29) is 5.91 Å². The number of likely N-dealkylation sites (N-methyl/N-ethyl adjacent to an activating group) is 1. The van der Waals surface area contributed by atoms with Crippen molar-refractivity contribution in [3.05, 3.63) is 71.7 Å². The molecule has 0 bridgehead atoms. The Morgan fingerprint density at radius 3 is 2.52 bits per heavy atom. The summed E-state index contributed by atoms with van der Waals surface area (Å²) in [7, 11) is 0. The first-order valence-corrected chi connectivity index (χ1v) is 8.31. The van der Waals surface area contributed by atoms with Crippen molar-refractivity contribution in [2.45, 2.75) is 13.1 Å². The molecule has 6 nitrogen and oxygen atoms in total. The number of nitrogens with one attached hydrogen (secondary N) is 1. The number of amides is 1. The molecule has 134 valence electrons. The largest absolute Gasteiger partial charge is 0.357 e. The Hall–Kier alpha value is -3.84. The normalized spacial score (nSPS) is 16.4. The monoisotopic (exact) mass is 361 g/mol. The molecule has 0 aliphatic carbocycles. The number of halogens is 1. The summed E-state index contributed by atoms with van der Waals surface area (Å²) in [5.74, 6) is -0.730. The maximum Gasteiger partial charge on any atom is 0.271 e. The zero-order valence-electron chi connectivity index (χ0n) is 14.6. The molecule has 0 spiro atoms. The number of carbonyl (C=O) groups is 1. The van der Waals surface area contributed by atoms with E-state index in [9.17, 15) is 14.4 Å². The Morgan fingerprint density at radius 1 is 1.19 bits per heavy atom. The van der Waals surface area contributed by atoms with Gasteiger partial charge in [0.1, 0.15) is 5.82 Å². The summed E-state index contributed by atoms with van der Waals surface area (Å²) in [6, 6.07) is 14.5. The SMILES string of the molecule is CCN1C=C(c2cccc(F)c2)N(C#N)C(Nc2ccc(C#N)cc2)C1=O. The topological polar surface area (TPSA) is 83.2 Å². The van der Waals surface area contributed by atoms with E-state index >= 15 is 0 Å². The molecular formula is C20H16FN5O. The van der Waals surface area contributed by atoms with Gasteiger partial charge in [-0.3, -0.25) is 4.79 Å². The minimum Gasteiger partial charge on any atom is -0.357 e. The fourth-order valence-corrected chi connectivity index (χ4v) is 2.83. The fourth-order valence-electron chi connectivity index (χ4n) is 2.83. The fraction of sp³-hybridized carbons (Fsp3) is 0.150. The highest BCUT2D eigenvalue weighted by Crippen LogP contribution is 2.28. The maximum atomic E-state index is 13.7. The van der Waals surface area contributed by atoms with Crippen LogP contribution in [0.1, 0.15) is 18.1 Å². The summed E-state index contributed by atoms with van der Waals surface area (Å²) >= 11 is 0. The molecule has 3 rings (SSSR count). The first-order valence-electron chi connectivity index (χ1n) is 8.31. The van der Waals surface area contributed by atoms with Crippen LogP contribution in [0.25, 0.3) is 5.70 Å². The Morgan fingerprint density at radius 2 is 1.93 bits per heavy atom. The van der Waals surface area contributed by atoms with Crippen molar-refractivity contribution in [2.24, 2.45) is 0 Å². The van der Waals surface area contributed by atoms with E-state index in [0.29, 0.717) is 29.1 Å². The molecule has 0 fully saturated rings. The van der Waals surface area contributed by atoms with Crippen LogP contribution in [0, 0.1) is 28.6 Å². The average Bonchev–Trinajstić information content (AvgIpc) is 2.69. The summed E-state index contributed by atoms with van der Waals surface area (Å²) in [5.41, 5.74) is 1.99. The zero-order chi connectivity index (χ0) is 19.4. The molecule has 0 saturated heterocycles. The van der Waals surface area contributed by atoms with Crippen LogP contribution in [0.15, 0.2) is 54.7 Å². The summed E-state index contributed by atoms with van der Waals surface area (Å²) in [4.78, 5) is 15.5. The summed E-state index contributed by atoms with van der Waals surface area (Å²) in [6.07, 6.45) is 2.59. The molecule has 0 saturated carbocycles. The highest BCUT2D eigenvalue weighted by Gasteiger charge is 2.36. The number of nitrogens with zero attached hydrogens (tertiary/aromatic N) is 4. The number of rotatable bonds is 4. The van der Waals surface area contributed by atoms with Crippen molar-refractivity contribution < 1.29 is 9.18 Å². The predicted molar refractivity (Wildman–Crippen MR) is 97.8 cm³/mol. The lowest BCUT2D eigenvalue weighted by Gasteiger charge is -2.37. The van der Waals surface area contributed by atoms with Crippen molar-refractivity contribution in [1.82, 2.24) is 9.80 Å². The van der Waals surface area contributed by atoms with Crippen molar-refractivity contribution in [1.29, 1.82) is 10.5 Å². The average molecular weight is 361 g/mol. The summed E-state index contributed by atoms with van der Waals surface area (Å²) < 4.78 is 13.7. The van der Waals surface area contributed by atoms with Gasteiger partial charge in [0.05, 0.1) is 17.3 Å². The Bertz CT molecular complexity index is 971. The second-order valence-corrected chi connectivity index (χ2v) is 5.85. The molecule has 1 N–H and O–H groups in total. The number of anilines is 1. The molecule has 7 heteroatoms. The van der Waals surface area contributed by atoms with Gasteiger partial charge in [0.2, 0.25) is 0 Å². The van der Waals surface area contributed by atoms with Crippen LogP contribution in [0.5, 0.6) is 0 Å². The molecule has 0 radical (unpaired) electrons. The van der Waals surface area contributed by atoms with Gasteiger partial charge < -0.3 is 10.2 Å². The minimum absolute atomic E-state index is 0.302. The van der Waals surface area contributed by atoms with E-state index in [1.807, 2.05) is 19.2 Å². The lowest BCUT2D eigenvalue weighted by Crippen LogP contribution is -2.52. The second-order valence-electron chi connectivity index (χ2n) is 5.85. The molecule has 1 amide bonds. The number of nitriles is 2. The van der Waals surface area contributed by atoms with E-state index in [4.69, 9.17) is 5.26 Å². The summed E-state index contributed by atoms with van der Waals surface area (Å²) in [6.45, 7) is 2.22. The van der Waals surface area contributed by atoms with Gasteiger partial charge in [-0.1, -0.05) is 12.1 Å². The van der Waals surface area contributed by atoms with Crippen LogP contribution in [0.3, 0.4) is 0 Å². The van der Waals surface area contributed by atoms with Gasteiger partial charge in [0, 0.05) is 24.0 Å². The third kappa shape index (κ3) is 3.58. The molecule has 1 heterocycles. The van der Waals surface area contributed by atoms with E-state index in [1.54, 1.807) is 42.6 Å². The first kappa shape index (κ1) is 18.0. The summed E-state index contributed by atoms with van der Waals surface area (Å²) in [5, 5.41) is 21.6. The molecule has 2 aromatic carbocycles. The highest BCUT2D eigenvalue weighted by molar-refractivity contribution is 5.91.